The van der Waals surface area contributed by atoms with Crippen molar-refractivity contribution in [3.63, 3.8) is 0 Å². The summed E-state index contributed by atoms with van der Waals surface area (Å²) in [7, 11) is 0. The van der Waals surface area contributed by atoms with Gasteiger partial charge in [-0.3, -0.25) is 9.59 Å². The van der Waals surface area contributed by atoms with E-state index in [1.807, 2.05) is 13.8 Å². The first-order valence-electron chi connectivity index (χ1n) is 5.05. The van der Waals surface area contributed by atoms with Gasteiger partial charge in [0.2, 0.25) is 11.8 Å². The van der Waals surface area contributed by atoms with Crippen molar-refractivity contribution in [1.82, 2.24) is 5.32 Å². The van der Waals surface area contributed by atoms with Crippen LogP contribution in [-0.4, -0.2) is 29.1 Å². The molecule has 0 saturated carbocycles. The molecule has 15 heavy (non-hydrogen) atoms. The van der Waals surface area contributed by atoms with Crippen LogP contribution in [0.25, 0.3) is 0 Å². The topological polar surface area (TPSA) is 92.4 Å². The smallest absolute Gasteiger partial charge is 0.242 e. The highest BCUT2D eigenvalue weighted by Gasteiger charge is 2.26. The van der Waals surface area contributed by atoms with Crippen LogP contribution in [-0.2, 0) is 9.59 Å². The van der Waals surface area contributed by atoms with Crippen LogP contribution >= 0.6 is 0 Å². The quantitative estimate of drug-likeness (QED) is 0.585. The summed E-state index contributed by atoms with van der Waals surface area (Å²) in [6.07, 6.45) is -0.981. The van der Waals surface area contributed by atoms with Crippen molar-refractivity contribution in [2.45, 2.75) is 39.8 Å². The van der Waals surface area contributed by atoms with Gasteiger partial charge in [-0.1, -0.05) is 20.8 Å². The summed E-state index contributed by atoms with van der Waals surface area (Å²) in [5, 5.41) is 11.7. The first-order chi connectivity index (χ1) is 6.77. The molecule has 2 amide bonds. The number of carbonyl (C=O) groups is 2. The molecule has 2 unspecified atom stereocenters. The maximum Gasteiger partial charge on any atom is 0.242 e. The third-order valence-corrected chi connectivity index (χ3v) is 2.50. The molecule has 0 aromatic carbocycles. The van der Waals surface area contributed by atoms with Gasteiger partial charge in [0.25, 0.3) is 0 Å². The molecular formula is C10H20N2O3. The molecule has 0 aromatic rings. The molecule has 0 radical (unpaired) electrons. The molecule has 4 N–H and O–H groups in total. The molecule has 0 aliphatic carbocycles. The molecule has 0 heterocycles. The van der Waals surface area contributed by atoms with Gasteiger partial charge in [0.1, 0.15) is 6.04 Å². The van der Waals surface area contributed by atoms with Crippen LogP contribution in [0.3, 0.4) is 0 Å². The average molecular weight is 216 g/mol. The maximum absolute atomic E-state index is 11.6. The van der Waals surface area contributed by atoms with E-state index in [-0.39, 0.29) is 17.7 Å². The van der Waals surface area contributed by atoms with Crippen LogP contribution < -0.4 is 11.1 Å². The zero-order valence-corrected chi connectivity index (χ0v) is 9.65. The van der Waals surface area contributed by atoms with Gasteiger partial charge in [-0.05, 0) is 12.8 Å². The SMILES string of the molecule is CC(O)C(NC(=O)[C@@H](C)C(C)C)C(N)=O. The van der Waals surface area contributed by atoms with Gasteiger partial charge in [-0.25, -0.2) is 0 Å². The number of aliphatic hydroxyl groups is 1. The predicted octanol–water partition coefficient (Wildman–Crippen LogP) is -0.371. The van der Waals surface area contributed by atoms with Crippen molar-refractivity contribution in [3.8, 4) is 0 Å². The Morgan fingerprint density at radius 3 is 1.93 bits per heavy atom. The highest BCUT2D eigenvalue weighted by atomic mass is 16.3. The predicted molar refractivity (Wildman–Crippen MR) is 56.8 cm³/mol. The summed E-state index contributed by atoms with van der Waals surface area (Å²) >= 11 is 0. The van der Waals surface area contributed by atoms with Crippen molar-refractivity contribution in [2.24, 2.45) is 17.6 Å². The number of hydrogen-bond acceptors (Lipinski definition) is 3. The highest BCUT2D eigenvalue weighted by Crippen LogP contribution is 2.09. The van der Waals surface area contributed by atoms with Crippen molar-refractivity contribution in [1.29, 1.82) is 0 Å². The highest BCUT2D eigenvalue weighted by molar-refractivity contribution is 5.87. The fraction of sp³-hybridized carbons (Fsp3) is 0.800. The second-order valence-corrected chi connectivity index (χ2v) is 4.16. The van der Waals surface area contributed by atoms with E-state index in [1.165, 1.54) is 6.92 Å². The third kappa shape index (κ3) is 4.29. The molecule has 0 aliphatic heterocycles. The number of aliphatic hydroxyl groups excluding tert-OH is 1. The van der Waals surface area contributed by atoms with E-state index in [2.05, 4.69) is 5.32 Å². The third-order valence-electron chi connectivity index (χ3n) is 2.50. The first-order valence-corrected chi connectivity index (χ1v) is 5.05. The minimum atomic E-state index is -1.02. The molecule has 88 valence electrons. The molecule has 0 spiro atoms. The Balaban J connectivity index is 4.43. The molecule has 3 atom stereocenters. The van der Waals surface area contributed by atoms with Crippen molar-refractivity contribution in [3.05, 3.63) is 0 Å². The number of hydrogen-bond donors (Lipinski definition) is 3. The number of carbonyl (C=O) groups excluding carboxylic acids is 2. The Bertz CT molecular complexity index is 239. The zero-order chi connectivity index (χ0) is 12.2. The standard InChI is InChI=1S/C10H20N2O3/c1-5(2)6(3)10(15)12-8(7(4)13)9(11)14/h5-8,13H,1-4H3,(H2,11,14)(H,12,15)/t6-,7?,8?/m0/s1. The Morgan fingerprint density at radius 2 is 1.67 bits per heavy atom. The van der Waals surface area contributed by atoms with E-state index >= 15 is 0 Å². The molecular weight excluding hydrogens is 196 g/mol. The fourth-order valence-electron chi connectivity index (χ4n) is 1.02. The molecule has 0 rings (SSSR count). The van der Waals surface area contributed by atoms with Crippen molar-refractivity contribution >= 4 is 11.8 Å². The Kier molecular flexibility index (Phi) is 5.28. The van der Waals surface area contributed by atoms with Crippen LogP contribution in [0.5, 0.6) is 0 Å². The molecule has 5 nitrogen and oxygen atoms in total. The Morgan fingerprint density at radius 1 is 1.20 bits per heavy atom. The first kappa shape index (κ1) is 13.9. The molecule has 0 bridgehead atoms. The van der Waals surface area contributed by atoms with Crippen LogP contribution in [0.2, 0.25) is 0 Å². The summed E-state index contributed by atoms with van der Waals surface area (Å²) in [4.78, 5) is 22.5. The fourth-order valence-corrected chi connectivity index (χ4v) is 1.02. The van der Waals surface area contributed by atoms with E-state index in [9.17, 15) is 14.7 Å². The Hall–Kier alpha value is -1.10. The lowest BCUT2D eigenvalue weighted by atomic mass is 9.96. The van der Waals surface area contributed by atoms with Crippen LogP contribution in [0, 0.1) is 11.8 Å². The summed E-state index contributed by atoms with van der Waals surface area (Å²) in [6, 6.07) is -1.02. The summed E-state index contributed by atoms with van der Waals surface area (Å²) in [6.45, 7) is 6.99. The van der Waals surface area contributed by atoms with Gasteiger partial charge in [0.05, 0.1) is 6.10 Å². The summed E-state index contributed by atoms with van der Waals surface area (Å²) in [5.74, 6) is -1.04. The molecule has 0 fully saturated rings. The van der Waals surface area contributed by atoms with Crippen LogP contribution in [0.15, 0.2) is 0 Å². The van der Waals surface area contributed by atoms with Gasteiger partial charge in [0.15, 0.2) is 0 Å². The number of amides is 2. The van der Waals surface area contributed by atoms with Crippen molar-refractivity contribution in [2.75, 3.05) is 0 Å². The van der Waals surface area contributed by atoms with Gasteiger partial charge in [0, 0.05) is 5.92 Å². The number of nitrogens with one attached hydrogen (secondary N) is 1. The van der Waals surface area contributed by atoms with Crippen LogP contribution in [0.4, 0.5) is 0 Å². The second kappa shape index (κ2) is 5.70. The van der Waals surface area contributed by atoms with Gasteiger partial charge < -0.3 is 16.2 Å². The van der Waals surface area contributed by atoms with E-state index in [0.717, 1.165) is 0 Å². The molecule has 0 saturated heterocycles. The van der Waals surface area contributed by atoms with E-state index in [1.54, 1.807) is 6.92 Å². The Labute approximate surface area is 90.0 Å². The average Bonchev–Trinajstić information content (AvgIpc) is 2.11. The molecule has 5 heteroatoms. The lowest BCUT2D eigenvalue weighted by Crippen LogP contribution is -2.52. The van der Waals surface area contributed by atoms with E-state index in [4.69, 9.17) is 5.73 Å². The molecule has 0 aliphatic rings. The lowest BCUT2D eigenvalue weighted by molar-refractivity contribution is -0.132. The number of nitrogens with two attached hydrogens (primary N) is 1. The minimum absolute atomic E-state index is 0.174. The zero-order valence-electron chi connectivity index (χ0n) is 9.65. The normalized spacial score (nSPS) is 16.9. The monoisotopic (exact) mass is 216 g/mol. The van der Waals surface area contributed by atoms with E-state index < -0.39 is 18.1 Å². The lowest BCUT2D eigenvalue weighted by Gasteiger charge is -2.22. The van der Waals surface area contributed by atoms with E-state index in [0.29, 0.717) is 0 Å². The largest absolute Gasteiger partial charge is 0.391 e. The van der Waals surface area contributed by atoms with Gasteiger partial charge in [-0.15, -0.1) is 0 Å². The molecule has 0 aromatic heterocycles. The van der Waals surface area contributed by atoms with Gasteiger partial charge in [-0.2, -0.15) is 0 Å². The second-order valence-electron chi connectivity index (χ2n) is 4.16. The minimum Gasteiger partial charge on any atom is -0.391 e. The van der Waals surface area contributed by atoms with Gasteiger partial charge >= 0.3 is 0 Å². The number of rotatable bonds is 5. The summed E-state index contributed by atoms with van der Waals surface area (Å²) in [5.41, 5.74) is 5.05. The van der Waals surface area contributed by atoms with Crippen LogP contribution in [0.1, 0.15) is 27.7 Å². The number of primary amides is 1. The maximum atomic E-state index is 11.6. The summed E-state index contributed by atoms with van der Waals surface area (Å²) < 4.78 is 0. The van der Waals surface area contributed by atoms with Crippen molar-refractivity contribution < 1.29 is 14.7 Å².